The van der Waals surface area contributed by atoms with Gasteiger partial charge in [0.05, 0.1) is 5.92 Å². The Labute approximate surface area is 133 Å². The first-order valence-electron chi connectivity index (χ1n) is 7.50. The van der Waals surface area contributed by atoms with Gasteiger partial charge in [-0.15, -0.1) is 0 Å². The van der Waals surface area contributed by atoms with Crippen LogP contribution in [0.25, 0.3) is 0 Å². The van der Waals surface area contributed by atoms with E-state index in [0.29, 0.717) is 18.7 Å². The van der Waals surface area contributed by atoms with Crippen LogP contribution in [-0.2, 0) is 4.79 Å². The number of H-pyrrole nitrogens is 1. The summed E-state index contributed by atoms with van der Waals surface area (Å²) in [6.45, 7) is 3.22. The minimum absolute atomic E-state index is 0.149. The summed E-state index contributed by atoms with van der Waals surface area (Å²) in [5.41, 5.74) is 0.352. The number of carbonyl (C=O) groups excluding carboxylic acids is 2. The molecule has 2 atom stereocenters. The van der Waals surface area contributed by atoms with E-state index in [0.717, 1.165) is 0 Å². The molecular weight excluding hydrogens is 302 g/mol. The van der Waals surface area contributed by atoms with Gasteiger partial charge in [-0.05, 0) is 18.4 Å². The highest BCUT2D eigenvalue weighted by Crippen LogP contribution is 2.21. The van der Waals surface area contributed by atoms with Gasteiger partial charge in [0.25, 0.3) is 5.91 Å². The third-order valence-corrected chi connectivity index (χ3v) is 3.73. The SMILES string of the molecule is CC1CC(C(=O)O)CN(C(=O)NCCNC(=O)c2ccn[nH]2)C1. The highest BCUT2D eigenvalue weighted by Gasteiger charge is 2.31. The standard InChI is InChI=1S/C14H21N5O4/c1-9-6-10(13(21)22)8-19(7-9)14(23)16-5-4-15-12(20)11-2-3-17-18-11/h2-3,9-10H,4-8H2,1H3,(H,15,20)(H,16,23)(H,17,18)(H,21,22). The molecule has 3 amide bonds. The number of rotatable bonds is 5. The van der Waals surface area contributed by atoms with Crippen LogP contribution < -0.4 is 10.6 Å². The van der Waals surface area contributed by atoms with Gasteiger partial charge in [0.15, 0.2) is 0 Å². The first-order chi connectivity index (χ1) is 11.0. The van der Waals surface area contributed by atoms with Crippen molar-refractivity contribution in [3.63, 3.8) is 0 Å². The van der Waals surface area contributed by atoms with E-state index >= 15 is 0 Å². The lowest BCUT2D eigenvalue weighted by Gasteiger charge is -2.34. The van der Waals surface area contributed by atoms with Crippen molar-refractivity contribution in [2.75, 3.05) is 26.2 Å². The van der Waals surface area contributed by atoms with E-state index in [1.807, 2.05) is 6.92 Å². The third kappa shape index (κ3) is 4.70. The molecule has 0 aliphatic carbocycles. The summed E-state index contributed by atoms with van der Waals surface area (Å²) < 4.78 is 0. The Morgan fingerprint density at radius 2 is 2.09 bits per heavy atom. The number of aromatic nitrogens is 2. The fourth-order valence-electron chi connectivity index (χ4n) is 2.63. The molecule has 1 fully saturated rings. The molecule has 1 aromatic heterocycles. The zero-order valence-electron chi connectivity index (χ0n) is 12.9. The molecule has 4 N–H and O–H groups in total. The number of carbonyl (C=O) groups is 3. The molecule has 0 saturated carbocycles. The average Bonchev–Trinajstić information content (AvgIpc) is 3.04. The Hall–Kier alpha value is -2.58. The molecule has 1 aliphatic rings. The smallest absolute Gasteiger partial charge is 0.317 e. The fraction of sp³-hybridized carbons (Fsp3) is 0.571. The summed E-state index contributed by atoms with van der Waals surface area (Å²) in [7, 11) is 0. The maximum absolute atomic E-state index is 12.1. The minimum atomic E-state index is -0.874. The molecule has 2 heterocycles. The maximum Gasteiger partial charge on any atom is 0.317 e. The number of hydrogen-bond donors (Lipinski definition) is 4. The summed E-state index contributed by atoms with van der Waals surface area (Å²) in [5.74, 6) is -1.55. The Morgan fingerprint density at radius 1 is 1.35 bits per heavy atom. The van der Waals surface area contributed by atoms with Crippen LogP contribution in [0.1, 0.15) is 23.8 Å². The summed E-state index contributed by atoms with van der Waals surface area (Å²) in [6, 6.07) is 1.24. The second-order valence-electron chi connectivity index (χ2n) is 5.74. The predicted octanol–water partition coefficient (Wildman–Crippen LogP) is -0.108. The zero-order valence-corrected chi connectivity index (χ0v) is 12.9. The first-order valence-corrected chi connectivity index (χ1v) is 7.50. The van der Waals surface area contributed by atoms with Crippen LogP contribution in [0.3, 0.4) is 0 Å². The summed E-state index contributed by atoms with van der Waals surface area (Å²) in [4.78, 5) is 36.3. The number of aromatic amines is 1. The van der Waals surface area contributed by atoms with Crippen LogP contribution in [0.15, 0.2) is 12.3 Å². The van der Waals surface area contributed by atoms with Crippen LogP contribution in [0, 0.1) is 11.8 Å². The van der Waals surface area contributed by atoms with Gasteiger partial charge in [0.2, 0.25) is 0 Å². The zero-order chi connectivity index (χ0) is 16.8. The van der Waals surface area contributed by atoms with Crippen LogP contribution in [0.5, 0.6) is 0 Å². The van der Waals surface area contributed by atoms with Crippen molar-refractivity contribution in [3.05, 3.63) is 18.0 Å². The number of carboxylic acid groups (broad SMARTS) is 1. The summed E-state index contributed by atoms with van der Waals surface area (Å²) in [6.07, 6.45) is 2.06. The van der Waals surface area contributed by atoms with E-state index < -0.39 is 11.9 Å². The van der Waals surface area contributed by atoms with Crippen molar-refractivity contribution in [2.45, 2.75) is 13.3 Å². The number of nitrogens with one attached hydrogen (secondary N) is 3. The molecule has 1 saturated heterocycles. The van der Waals surface area contributed by atoms with E-state index in [1.54, 1.807) is 6.07 Å². The molecule has 0 aromatic carbocycles. The van der Waals surface area contributed by atoms with E-state index in [-0.39, 0.29) is 37.5 Å². The van der Waals surface area contributed by atoms with Crippen LogP contribution in [0.4, 0.5) is 4.79 Å². The van der Waals surface area contributed by atoms with E-state index in [9.17, 15) is 14.4 Å². The molecule has 2 unspecified atom stereocenters. The second kappa shape index (κ2) is 7.61. The molecule has 23 heavy (non-hydrogen) atoms. The van der Waals surface area contributed by atoms with Gasteiger partial charge in [-0.1, -0.05) is 6.92 Å². The molecule has 9 heteroatoms. The van der Waals surface area contributed by atoms with Crippen molar-refractivity contribution in [2.24, 2.45) is 11.8 Å². The van der Waals surface area contributed by atoms with Gasteiger partial charge in [0.1, 0.15) is 5.69 Å². The number of nitrogens with zero attached hydrogens (tertiary/aromatic N) is 2. The Kier molecular flexibility index (Phi) is 5.56. The fourth-order valence-corrected chi connectivity index (χ4v) is 2.63. The van der Waals surface area contributed by atoms with Crippen LogP contribution in [0.2, 0.25) is 0 Å². The molecule has 2 rings (SSSR count). The number of urea groups is 1. The van der Waals surface area contributed by atoms with Gasteiger partial charge < -0.3 is 20.6 Å². The number of hydrogen-bond acceptors (Lipinski definition) is 4. The monoisotopic (exact) mass is 323 g/mol. The van der Waals surface area contributed by atoms with Gasteiger partial charge >= 0.3 is 12.0 Å². The molecule has 1 aliphatic heterocycles. The second-order valence-corrected chi connectivity index (χ2v) is 5.74. The number of likely N-dealkylation sites (tertiary alicyclic amines) is 1. The summed E-state index contributed by atoms with van der Waals surface area (Å²) >= 11 is 0. The van der Waals surface area contributed by atoms with Gasteiger partial charge in [-0.3, -0.25) is 14.7 Å². The Bertz CT molecular complexity index is 560. The molecule has 9 nitrogen and oxygen atoms in total. The molecule has 126 valence electrons. The quantitative estimate of drug-likeness (QED) is 0.562. The maximum atomic E-state index is 12.1. The lowest BCUT2D eigenvalue weighted by Crippen LogP contribution is -2.50. The largest absolute Gasteiger partial charge is 0.481 e. The normalized spacial score (nSPS) is 20.8. The van der Waals surface area contributed by atoms with Gasteiger partial charge in [0, 0.05) is 32.4 Å². The number of amides is 3. The topological polar surface area (TPSA) is 127 Å². The molecule has 0 bridgehead atoms. The lowest BCUT2D eigenvalue weighted by atomic mass is 9.91. The summed E-state index contributed by atoms with van der Waals surface area (Å²) in [5, 5.41) is 20.7. The molecule has 0 radical (unpaired) electrons. The highest BCUT2D eigenvalue weighted by molar-refractivity contribution is 5.92. The van der Waals surface area contributed by atoms with Crippen molar-refractivity contribution in [1.82, 2.24) is 25.7 Å². The van der Waals surface area contributed by atoms with Gasteiger partial charge in [-0.25, -0.2) is 4.79 Å². The number of piperidine rings is 1. The van der Waals surface area contributed by atoms with Crippen LogP contribution in [-0.4, -0.2) is 64.3 Å². The number of carboxylic acids is 1. The lowest BCUT2D eigenvalue weighted by molar-refractivity contribution is -0.143. The van der Waals surface area contributed by atoms with Crippen molar-refractivity contribution in [1.29, 1.82) is 0 Å². The van der Waals surface area contributed by atoms with E-state index in [4.69, 9.17) is 5.11 Å². The van der Waals surface area contributed by atoms with Crippen molar-refractivity contribution < 1.29 is 19.5 Å². The number of aliphatic carboxylic acids is 1. The first kappa shape index (κ1) is 16.8. The Morgan fingerprint density at radius 3 is 2.74 bits per heavy atom. The molecular formula is C14H21N5O4. The minimum Gasteiger partial charge on any atom is -0.481 e. The van der Waals surface area contributed by atoms with E-state index in [2.05, 4.69) is 20.8 Å². The Balaban J connectivity index is 1.72. The van der Waals surface area contributed by atoms with Crippen LogP contribution >= 0.6 is 0 Å². The van der Waals surface area contributed by atoms with Crippen molar-refractivity contribution in [3.8, 4) is 0 Å². The van der Waals surface area contributed by atoms with Gasteiger partial charge in [-0.2, -0.15) is 5.10 Å². The predicted molar refractivity (Wildman–Crippen MR) is 80.8 cm³/mol. The van der Waals surface area contributed by atoms with Crippen molar-refractivity contribution >= 4 is 17.9 Å². The molecule has 1 aromatic rings. The average molecular weight is 323 g/mol. The highest BCUT2D eigenvalue weighted by atomic mass is 16.4. The van der Waals surface area contributed by atoms with E-state index in [1.165, 1.54) is 11.1 Å². The third-order valence-electron chi connectivity index (χ3n) is 3.73. The molecule has 0 spiro atoms.